The molecule has 1 rings (SSSR count). The van der Waals surface area contributed by atoms with E-state index in [0.717, 1.165) is 0 Å². The number of aliphatic hydroxyl groups is 2. The minimum Gasteiger partial charge on any atom is -0.396 e. The predicted molar refractivity (Wildman–Crippen MR) is 62.6 cm³/mol. The highest BCUT2D eigenvalue weighted by Crippen LogP contribution is 1.93. The van der Waals surface area contributed by atoms with Gasteiger partial charge in [-0.3, -0.25) is 20.4 Å². The van der Waals surface area contributed by atoms with Crippen molar-refractivity contribution in [2.75, 3.05) is 19.8 Å². The SMILES string of the molecule is O=C(CCCO)C1=NNC(C(=O)NCCO)=NN1. The van der Waals surface area contributed by atoms with Crippen molar-refractivity contribution in [2.24, 2.45) is 10.2 Å². The third-order valence-electron chi connectivity index (χ3n) is 1.99. The van der Waals surface area contributed by atoms with E-state index < -0.39 is 5.91 Å². The van der Waals surface area contributed by atoms with Crippen LogP contribution in [-0.4, -0.2) is 53.3 Å². The number of hydrazone groups is 2. The molecule has 0 aromatic rings. The van der Waals surface area contributed by atoms with Gasteiger partial charge in [-0.25, -0.2) is 0 Å². The van der Waals surface area contributed by atoms with Gasteiger partial charge >= 0.3 is 0 Å². The lowest BCUT2D eigenvalue weighted by Crippen LogP contribution is -2.45. The van der Waals surface area contributed by atoms with Gasteiger partial charge in [0.25, 0.3) is 5.91 Å². The van der Waals surface area contributed by atoms with Crippen LogP contribution in [-0.2, 0) is 9.59 Å². The Morgan fingerprint density at radius 3 is 2.33 bits per heavy atom. The van der Waals surface area contributed by atoms with Crippen molar-refractivity contribution < 1.29 is 19.8 Å². The van der Waals surface area contributed by atoms with Crippen molar-refractivity contribution in [2.45, 2.75) is 12.8 Å². The Balaban J connectivity index is 2.43. The van der Waals surface area contributed by atoms with E-state index in [1.54, 1.807) is 0 Å². The van der Waals surface area contributed by atoms with E-state index in [1.807, 2.05) is 0 Å². The number of rotatable bonds is 7. The lowest BCUT2D eigenvalue weighted by Gasteiger charge is -2.13. The molecule has 18 heavy (non-hydrogen) atoms. The molecule has 0 aromatic carbocycles. The third kappa shape index (κ3) is 4.11. The lowest BCUT2D eigenvalue weighted by molar-refractivity contribution is -0.115. The molecule has 1 aliphatic heterocycles. The van der Waals surface area contributed by atoms with Crippen molar-refractivity contribution >= 4 is 23.4 Å². The Bertz CT molecular complexity index is 343. The third-order valence-corrected chi connectivity index (χ3v) is 1.99. The van der Waals surface area contributed by atoms with Gasteiger partial charge in [-0.15, -0.1) is 5.10 Å². The van der Waals surface area contributed by atoms with Gasteiger partial charge in [0.1, 0.15) is 0 Å². The van der Waals surface area contributed by atoms with Crippen molar-refractivity contribution in [3.63, 3.8) is 0 Å². The molecule has 0 fully saturated rings. The summed E-state index contributed by atoms with van der Waals surface area (Å²) in [6.45, 7) is -0.156. The van der Waals surface area contributed by atoms with E-state index in [2.05, 4.69) is 26.4 Å². The van der Waals surface area contributed by atoms with Crippen LogP contribution >= 0.6 is 0 Å². The Hall–Kier alpha value is -2.00. The maximum Gasteiger partial charge on any atom is 0.290 e. The number of nitrogens with zero attached hydrogens (tertiary/aromatic N) is 2. The fraction of sp³-hybridized carbons (Fsp3) is 0.556. The number of carbonyl (C=O) groups is 2. The summed E-state index contributed by atoms with van der Waals surface area (Å²) >= 11 is 0. The lowest BCUT2D eigenvalue weighted by atomic mass is 10.2. The molecular weight excluding hydrogens is 242 g/mol. The van der Waals surface area contributed by atoms with Crippen LogP contribution in [0.5, 0.6) is 0 Å². The first-order chi connectivity index (χ1) is 8.69. The topological polar surface area (TPSA) is 135 Å². The van der Waals surface area contributed by atoms with E-state index >= 15 is 0 Å². The molecule has 9 heteroatoms. The van der Waals surface area contributed by atoms with Crippen LogP contribution in [0.15, 0.2) is 10.2 Å². The zero-order valence-electron chi connectivity index (χ0n) is 9.64. The number of ketones is 1. The van der Waals surface area contributed by atoms with Crippen LogP contribution < -0.4 is 16.2 Å². The van der Waals surface area contributed by atoms with Gasteiger partial charge in [-0.05, 0) is 6.42 Å². The Labute approximate surface area is 103 Å². The second-order valence-electron chi connectivity index (χ2n) is 3.37. The first kappa shape index (κ1) is 14.1. The summed E-state index contributed by atoms with van der Waals surface area (Å²) in [7, 11) is 0. The molecule has 0 spiro atoms. The molecule has 0 saturated carbocycles. The first-order valence-electron chi connectivity index (χ1n) is 5.39. The monoisotopic (exact) mass is 257 g/mol. The van der Waals surface area contributed by atoms with Crippen molar-refractivity contribution in [3.05, 3.63) is 0 Å². The second-order valence-corrected chi connectivity index (χ2v) is 3.37. The molecule has 5 N–H and O–H groups in total. The largest absolute Gasteiger partial charge is 0.396 e. The highest BCUT2D eigenvalue weighted by molar-refractivity contribution is 6.42. The average Bonchev–Trinajstić information content (AvgIpc) is 2.42. The number of Topliss-reactive ketones (excluding diaryl/α,β-unsaturated/α-hetero) is 1. The predicted octanol–water partition coefficient (Wildman–Crippen LogP) is -2.74. The summed E-state index contributed by atoms with van der Waals surface area (Å²) in [4.78, 5) is 22.8. The number of hydrogen-bond donors (Lipinski definition) is 5. The number of carbonyl (C=O) groups excluding carboxylic acids is 2. The zero-order chi connectivity index (χ0) is 13.4. The number of nitrogens with one attached hydrogen (secondary N) is 3. The van der Waals surface area contributed by atoms with Gasteiger partial charge in [0.05, 0.1) is 6.61 Å². The molecule has 0 unspecified atom stereocenters. The fourth-order valence-corrected chi connectivity index (χ4v) is 1.11. The minimum atomic E-state index is -0.540. The van der Waals surface area contributed by atoms with Gasteiger partial charge in [0, 0.05) is 19.6 Å². The molecule has 0 bridgehead atoms. The quantitative estimate of drug-likeness (QED) is 0.335. The standard InChI is InChI=1S/C9H15N5O4/c15-4-1-2-6(17)7-11-13-8(14-12-7)9(18)10-3-5-16/h15-16H,1-5H2,(H,10,18)(H,11,12)(H,13,14). The van der Waals surface area contributed by atoms with E-state index in [1.165, 1.54) is 0 Å². The molecule has 0 atom stereocenters. The fourth-order valence-electron chi connectivity index (χ4n) is 1.11. The van der Waals surface area contributed by atoms with Gasteiger partial charge in [-0.1, -0.05) is 0 Å². The van der Waals surface area contributed by atoms with Gasteiger partial charge in [-0.2, -0.15) is 5.10 Å². The Morgan fingerprint density at radius 2 is 1.78 bits per heavy atom. The molecule has 0 saturated heterocycles. The second kappa shape index (κ2) is 7.35. The van der Waals surface area contributed by atoms with Crippen LogP contribution in [0.2, 0.25) is 0 Å². The molecule has 9 nitrogen and oxygen atoms in total. The highest BCUT2D eigenvalue weighted by Gasteiger charge is 2.18. The van der Waals surface area contributed by atoms with Crippen LogP contribution in [0.25, 0.3) is 0 Å². The molecule has 0 aromatic heterocycles. The Morgan fingerprint density at radius 1 is 1.11 bits per heavy atom. The summed E-state index contributed by atoms with van der Waals surface area (Å²) in [6.07, 6.45) is 0.485. The van der Waals surface area contributed by atoms with Crippen LogP contribution in [0, 0.1) is 0 Å². The number of amidine groups is 2. The summed E-state index contributed by atoms with van der Waals surface area (Å²) in [5.74, 6) is -0.957. The zero-order valence-corrected chi connectivity index (χ0v) is 9.64. The molecule has 1 heterocycles. The maximum absolute atomic E-state index is 11.5. The van der Waals surface area contributed by atoms with Crippen LogP contribution in [0.4, 0.5) is 0 Å². The average molecular weight is 257 g/mol. The number of aliphatic hydroxyl groups excluding tert-OH is 2. The first-order valence-corrected chi connectivity index (χ1v) is 5.39. The number of hydrogen-bond acceptors (Lipinski definition) is 8. The Kier molecular flexibility index (Phi) is 5.74. The molecular formula is C9H15N5O4. The smallest absolute Gasteiger partial charge is 0.290 e. The molecule has 0 radical (unpaired) electrons. The maximum atomic E-state index is 11.5. The van der Waals surface area contributed by atoms with Gasteiger partial charge in [0.15, 0.2) is 0 Å². The van der Waals surface area contributed by atoms with Crippen molar-refractivity contribution in [3.8, 4) is 0 Å². The van der Waals surface area contributed by atoms with Gasteiger partial charge < -0.3 is 15.5 Å². The summed E-state index contributed by atoms with van der Waals surface area (Å²) < 4.78 is 0. The summed E-state index contributed by atoms with van der Waals surface area (Å²) in [5.41, 5.74) is 4.69. The normalized spacial score (nSPS) is 13.9. The van der Waals surface area contributed by atoms with E-state index in [9.17, 15) is 9.59 Å². The van der Waals surface area contributed by atoms with Crippen molar-refractivity contribution in [1.82, 2.24) is 16.2 Å². The molecule has 100 valence electrons. The number of amides is 1. The van der Waals surface area contributed by atoms with E-state index in [4.69, 9.17) is 10.2 Å². The van der Waals surface area contributed by atoms with E-state index in [0.29, 0.717) is 6.42 Å². The van der Waals surface area contributed by atoms with Crippen LogP contribution in [0.3, 0.4) is 0 Å². The minimum absolute atomic E-state index is 0.0119. The van der Waals surface area contributed by atoms with E-state index in [-0.39, 0.29) is 43.6 Å². The van der Waals surface area contributed by atoms with Gasteiger partial charge in [0.2, 0.25) is 17.5 Å². The molecule has 0 aliphatic carbocycles. The molecule has 1 aliphatic rings. The summed E-state index contributed by atoms with van der Waals surface area (Å²) in [6, 6.07) is 0. The highest BCUT2D eigenvalue weighted by atomic mass is 16.3. The van der Waals surface area contributed by atoms with Crippen molar-refractivity contribution in [1.29, 1.82) is 0 Å². The van der Waals surface area contributed by atoms with Crippen LogP contribution in [0.1, 0.15) is 12.8 Å². The summed E-state index contributed by atoms with van der Waals surface area (Å²) in [5, 5.41) is 26.8. The molecule has 1 amide bonds.